The van der Waals surface area contributed by atoms with Gasteiger partial charge in [0.05, 0.1) is 0 Å². The maximum absolute atomic E-state index is 5.95. The van der Waals surface area contributed by atoms with Crippen molar-refractivity contribution in [3.05, 3.63) is 49.1 Å². The lowest BCUT2D eigenvalue weighted by Crippen LogP contribution is -2.02. The van der Waals surface area contributed by atoms with Gasteiger partial charge in [0, 0.05) is 26.3 Å². The van der Waals surface area contributed by atoms with Gasteiger partial charge in [-0.15, -0.1) is 11.3 Å². The van der Waals surface area contributed by atoms with Crippen molar-refractivity contribution in [3.8, 4) is 5.75 Å². The van der Waals surface area contributed by atoms with Gasteiger partial charge in [-0.3, -0.25) is 0 Å². The van der Waals surface area contributed by atoms with E-state index in [1.165, 1.54) is 26.4 Å². The summed E-state index contributed by atoms with van der Waals surface area (Å²) in [6, 6.07) is 6.38. The third-order valence-corrected chi connectivity index (χ3v) is 5.57. The number of rotatable bonds is 5. The molecule has 0 saturated carbocycles. The predicted molar refractivity (Wildman–Crippen MR) is 89.8 cm³/mol. The summed E-state index contributed by atoms with van der Waals surface area (Å²) in [5.41, 5.74) is 3.69. The molecule has 0 fully saturated rings. The standard InChI is InChI=1S/C16H20BrNOS/c1-10-5-14(6-11(2)16(10)17)19-9-13-7-15(8-18-4)20-12(13)3/h5-7,18H,8-9H2,1-4H3. The second-order valence-electron chi connectivity index (χ2n) is 4.98. The van der Waals surface area contributed by atoms with Gasteiger partial charge in [0.1, 0.15) is 12.4 Å². The van der Waals surface area contributed by atoms with Gasteiger partial charge >= 0.3 is 0 Å². The van der Waals surface area contributed by atoms with Gasteiger partial charge in [-0.25, -0.2) is 0 Å². The molecular formula is C16H20BrNOS. The van der Waals surface area contributed by atoms with E-state index in [0.29, 0.717) is 6.61 Å². The zero-order valence-corrected chi connectivity index (χ0v) is 14.7. The molecule has 2 rings (SSSR count). The molecule has 2 aromatic rings. The van der Waals surface area contributed by atoms with Gasteiger partial charge in [0.15, 0.2) is 0 Å². The van der Waals surface area contributed by atoms with E-state index in [9.17, 15) is 0 Å². The zero-order chi connectivity index (χ0) is 14.7. The molecular weight excluding hydrogens is 334 g/mol. The first-order chi connectivity index (χ1) is 9.51. The largest absolute Gasteiger partial charge is 0.489 e. The summed E-state index contributed by atoms with van der Waals surface area (Å²) in [5.74, 6) is 0.934. The fourth-order valence-electron chi connectivity index (χ4n) is 2.14. The highest BCUT2D eigenvalue weighted by atomic mass is 79.9. The second-order valence-corrected chi connectivity index (χ2v) is 7.12. The van der Waals surface area contributed by atoms with Crippen LogP contribution in [0.3, 0.4) is 0 Å². The Kier molecular flexibility index (Phi) is 5.24. The Labute approximate surface area is 133 Å². The molecule has 1 N–H and O–H groups in total. The number of halogens is 1. The van der Waals surface area contributed by atoms with Crippen molar-refractivity contribution in [1.29, 1.82) is 0 Å². The van der Waals surface area contributed by atoms with Gasteiger partial charge in [-0.2, -0.15) is 0 Å². The van der Waals surface area contributed by atoms with Crippen LogP contribution in [0.2, 0.25) is 0 Å². The maximum atomic E-state index is 5.95. The first kappa shape index (κ1) is 15.5. The molecule has 0 aliphatic carbocycles. The first-order valence-corrected chi connectivity index (χ1v) is 8.24. The maximum Gasteiger partial charge on any atom is 0.120 e. The molecule has 0 unspecified atom stereocenters. The summed E-state index contributed by atoms with van der Waals surface area (Å²) >= 11 is 5.41. The van der Waals surface area contributed by atoms with Crippen molar-refractivity contribution in [2.45, 2.75) is 33.9 Å². The van der Waals surface area contributed by atoms with Gasteiger partial charge in [-0.05, 0) is 57.1 Å². The molecule has 0 radical (unpaired) electrons. The van der Waals surface area contributed by atoms with Crippen LogP contribution >= 0.6 is 27.3 Å². The summed E-state index contributed by atoms with van der Waals surface area (Å²) in [5, 5.41) is 3.18. The molecule has 4 heteroatoms. The Morgan fingerprint density at radius 2 is 1.80 bits per heavy atom. The Hall–Kier alpha value is -0.840. The third kappa shape index (κ3) is 3.62. The molecule has 0 aliphatic rings. The molecule has 20 heavy (non-hydrogen) atoms. The number of benzene rings is 1. The lowest BCUT2D eigenvalue weighted by molar-refractivity contribution is 0.305. The minimum atomic E-state index is 0.632. The van der Waals surface area contributed by atoms with Crippen molar-refractivity contribution in [2.24, 2.45) is 0 Å². The van der Waals surface area contributed by atoms with Crippen LogP contribution in [0.5, 0.6) is 5.75 Å². The first-order valence-electron chi connectivity index (χ1n) is 6.63. The zero-order valence-electron chi connectivity index (χ0n) is 12.3. The van der Waals surface area contributed by atoms with Crippen LogP contribution in [0.4, 0.5) is 0 Å². The minimum Gasteiger partial charge on any atom is -0.489 e. The molecule has 108 valence electrons. The van der Waals surface area contributed by atoms with Crippen LogP contribution in [0.15, 0.2) is 22.7 Å². The van der Waals surface area contributed by atoms with E-state index >= 15 is 0 Å². The number of ether oxygens (including phenoxy) is 1. The molecule has 0 aliphatic heterocycles. The van der Waals surface area contributed by atoms with E-state index in [-0.39, 0.29) is 0 Å². The number of aryl methyl sites for hydroxylation is 3. The van der Waals surface area contributed by atoms with E-state index in [4.69, 9.17) is 4.74 Å². The van der Waals surface area contributed by atoms with Gasteiger partial charge in [0.2, 0.25) is 0 Å². The molecule has 0 atom stereocenters. The molecule has 0 bridgehead atoms. The summed E-state index contributed by atoms with van der Waals surface area (Å²) in [6.45, 7) is 7.88. The molecule has 2 nitrogen and oxygen atoms in total. The highest BCUT2D eigenvalue weighted by Gasteiger charge is 2.07. The van der Waals surface area contributed by atoms with E-state index < -0.39 is 0 Å². The Balaban J connectivity index is 2.09. The SMILES string of the molecule is CNCc1cc(COc2cc(C)c(Br)c(C)c2)c(C)s1. The number of nitrogens with one attached hydrogen (secondary N) is 1. The summed E-state index contributed by atoms with van der Waals surface area (Å²) < 4.78 is 7.11. The normalized spacial score (nSPS) is 10.8. The van der Waals surface area contributed by atoms with E-state index in [0.717, 1.165) is 16.8 Å². The van der Waals surface area contributed by atoms with Crippen LogP contribution in [0.1, 0.15) is 26.4 Å². The highest BCUT2D eigenvalue weighted by molar-refractivity contribution is 9.10. The fraction of sp³-hybridized carbons (Fsp3) is 0.375. The lowest BCUT2D eigenvalue weighted by Gasteiger charge is -2.10. The average Bonchev–Trinajstić information content (AvgIpc) is 2.74. The molecule has 1 aromatic heterocycles. The van der Waals surface area contributed by atoms with Crippen LogP contribution in [0, 0.1) is 20.8 Å². The van der Waals surface area contributed by atoms with Crippen LogP contribution < -0.4 is 10.1 Å². The molecule has 0 spiro atoms. The molecule has 0 saturated heterocycles. The predicted octanol–water partition coefficient (Wildman–Crippen LogP) is 4.73. The van der Waals surface area contributed by atoms with E-state index in [1.54, 1.807) is 0 Å². The van der Waals surface area contributed by atoms with Gasteiger partial charge < -0.3 is 10.1 Å². The fourth-order valence-corrected chi connectivity index (χ4v) is 3.43. The smallest absolute Gasteiger partial charge is 0.120 e. The number of thiophene rings is 1. The van der Waals surface area contributed by atoms with Crippen molar-refractivity contribution in [3.63, 3.8) is 0 Å². The quantitative estimate of drug-likeness (QED) is 0.838. The average molecular weight is 354 g/mol. The van der Waals surface area contributed by atoms with Crippen LogP contribution in [-0.2, 0) is 13.2 Å². The molecule has 0 amide bonds. The summed E-state index contributed by atoms with van der Waals surface area (Å²) in [6.07, 6.45) is 0. The van der Waals surface area contributed by atoms with Gasteiger partial charge in [0.25, 0.3) is 0 Å². The summed E-state index contributed by atoms with van der Waals surface area (Å²) in [7, 11) is 1.97. The van der Waals surface area contributed by atoms with E-state index in [1.807, 2.05) is 18.4 Å². The second kappa shape index (κ2) is 6.74. The Morgan fingerprint density at radius 3 is 2.40 bits per heavy atom. The van der Waals surface area contributed by atoms with Crippen LogP contribution in [-0.4, -0.2) is 7.05 Å². The van der Waals surface area contributed by atoms with Crippen molar-refractivity contribution in [2.75, 3.05) is 7.05 Å². The number of hydrogen-bond donors (Lipinski definition) is 1. The molecule has 1 heterocycles. The van der Waals surface area contributed by atoms with Crippen molar-refractivity contribution >= 4 is 27.3 Å². The van der Waals surface area contributed by atoms with Crippen molar-refractivity contribution < 1.29 is 4.74 Å². The minimum absolute atomic E-state index is 0.632. The Morgan fingerprint density at radius 1 is 1.15 bits per heavy atom. The number of hydrogen-bond acceptors (Lipinski definition) is 3. The third-order valence-electron chi connectivity index (χ3n) is 3.23. The van der Waals surface area contributed by atoms with Crippen LogP contribution in [0.25, 0.3) is 0 Å². The monoisotopic (exact) mass is 353 g/mol. The van der Waals surface area contributed by atoms with Gasteiger partial charge in [-0.1, -0.05) is 15.9 Å². The van der Waals surface area contributed by atoms with Crippen molar-refractivity contribution in [1.82, 2.24) is 5.32 Å². The highest BCUT2D eigenvalue weighted by Crippen LogP contribution is 2.28. The lowest BCUT2D eigenvalue weighted by atomic mass is 10.1. The topological polar surface area (TPSA) is 21.3 Å². The Bertz CT molecular complexity index is 584. The van der Waals surface area contributed by atoms with E-state index in [2.05, 4.69) is 60.2 Å². The molecule has 1 aromatic carbocycles. The summed E-state index contributed by atoms with van der Waals surface area (Å²) in [4.78, 5) is 2.69.